The SMILES string of the molecule is CC(NC(=O)NC(C1CC1)C1CC1)c1ccc(-n2ccnc2)cc1. The number of nitrogens with one attached hydrogen (secondary N) is 2. The van der Waals surface area contributed by atoms with Gasteiger partial charge in [0.15, 0.2) is 0 Å². The van der Waals surface area contributed by atoms with Crippen molar-refractivity contribution in [3.05, 3.63) is 48.5 Å². The Morgan fingerprint density at radius 2 is 1.79 bits per heavy atom. The first kappa shape index (κ1) is 15.2. The van der Waals surface area contributed by atoms with Crippen molar-refractivity contribution >= 4 is 6.03 Å². The summed E-state index contributed by atoms with van der Waals surface area (Å²) in [5.41, 5.74) is 2.17. The number of nitrogens with zero attached hydrogens (tertiary/aromatic N) is 2. The van der Waals surface area contributed by atoms with Crippen LogP contribution in [0.4, 0.5) is 4.79 Å². The summed E-state index contributed by atoms with van der Waals surface area (Å²) in [6.07, 6.45) is 10.5. The van der Waals surface area contributed by atoms with Crippen LogP contribution < -0.4 is 10.6 Å². The van der Waals surface area contributed by atoms with Crippen LogP contribution in [0.25, 0.3) is 5.69 Å². The predicted octanol–water partition coefficient (Wildman–Crippen LogP) is 3.42. The predicted molar refractivity (Wildman–Crippen MR) is 92.9 cm³/mol. The van der Waals surface area contributed by atoms with Gasteiger partial charge >= 0.3 is 6.03 Å². The lowest BCUT2D eigenvalue weighted by Crippen LogP contribution is -2.45. The number of rotatable bonds is 6. The zero-order valence-electron chi connectivity index (χ0n) is 14.0. The molecule has 5 nitrogen and oxygen atoms in total. The van der Waals surface area contributed by atoms with E-state index in [1.165, 1.54) is 25.7 Å². The van der Waals surface area contributed by atoms with E-state index in [1.807, 2.05) is 29.8 Å². The van der Waals surface area contributed by atoms with E-state index < -0.39 is 0 Å². The minimum Gasteiger partial charge on any atom is -0.335 e. The van der Waals surface area contributed by atoms with Crippen LogP contribution in [0.3, 0.4) is 0 Å². The smallest absolute Gasteiger partial charge is 0.315 e. The molecule has 4 rings (SSSR count). The average Bonchev–Trinajstić information content (AvgIpc) is 3.52. The van der Waals surface area contributed by atoms with Crippen LogP contribution in [0, 0.1) is 11.8 Å². The number of hydrogen-bond acceptors (Lipinski definition) is 2. The van der Waals surface area contributed by atoms with Crippen LogP contribution in [-0.4, -0.2) is 21.6 Å². The topological polar surface area (TPSA) is 59.0 Å². The van der Waals surface area contributed by atoms with Crippen LogP contribution in [0.15, 0.2) is 43.0 Å². The highest BCUT2D eigenvalue weighted by atomic mass is 16.2. The number of imidazole rings is 1. The van der Waals surface area contributed by atoms with Crippen molar-refractivity contribution in [2.24, 2.45) is 11.8 Å². The molecule has 2 aliphatic carbocycles. The van der Waals surface area contributed by atoms with Gasteiger partial charge in [0.25, 0.3) is 0 Å². The molecule has 1 atom stereocenters. The molecule has 126 valence electrons. The van der Waals surface area contributed by atoms with E-state index in [1.54, 1.807) is 12.5 Å². The monoisotopic (exact) mass is 324 g/mol. The third kappa shape index (κ3) is 3.45. The van der Waals surface area contributed by atoms with Gasteiger partial charge < -0.3 is 15.2 Å². The summed E-state index contributed by atoms with van der Waals surface area (Å²) >= 11 is 0. The highest BCUT2D eigenvalue weighted by Crippen LogP contribution is 2.44. The minimum absolute atomic E-state index is 0.0131. The third-order valence-corrected chi connectivity index (χ3v) is 5.10. The van der Waals surface area contributed by atoms with Gasteiger partial charge in [-0.1, -0.05) is 12.1 Å². The van der Waals surface area contributed by atoms with Crippen molar-refractivity contribution < 1.29 is 4.79 Å². The molecular formula is C19H24N4O. The van der Waals surface area contributed by atoms with Gasteiger partial charge in [-0.05, 0) is 62.1 Å². The fourth-order valence-corrected chi connectivity index (χ4v) is 3.35. The van der Waals surface area contributed by atoms with E-state index in [2.05, 4.69) is 27.8 Å². The summed E-state index contributed by atoms with van der Waals surface area (Å²) in [6, 6.07) is 8.54. The van der Waals surface area contributed by atoms with Crippen molar-refractivity contribution in [1.29, 1.82) is 0 Å². The molecule has 2 fully saturated rings. The summed E-state index contributed by atoms with van der Waals surface area (Å²) in [6.45, 7) is 2.02. The van der Waals surface area contributed by atoms with Crippen LogP contribution in [-0.2, 0) is 0 Å². The van der Waals surface area contributed by atoms with E-state index >= 15 is 0 Å². The third-order valence-electron chi connectivity index (χ3n) is 5.10. The lowest BCUT2D eigenvalue weighted by Gasteiger charge is -2.21. The Labute approximate surface area is 142 Å². The summed E-state index contributed by atoms with van der Waals surface area (Å²) < 4.78 is 1.96. The molecule has 0 radical (unpaired) electrons. The second-order valence-corrected chi connectivity index (χ2v) is 7.10. The van der Waals surface area contributed by atoms with Gasteiger partial charge in [0.2, 0.25) is 0 Å². The van der Waals surface area contributed by atoms with E-state index in [0.29, 0.717) is 17.9 Å². The Kier molecular flexibility index (Phi) is 4.00. The van der Waals surface area contributed by atoms with E-state index in [4.69, 9.17) is 0 Å². The van der Waals surface area contributed by atoms with Gasteiger partial charge in [-0.25, -0.2) is 9.78 Å². The number of carbonyl (C=O) groups is 1. The number of aromatic nitrogens is 2. The maximum atomic E-state index is 12.3. The second-order valence-electron chi connectivity index (χ2n) is 7.10. The van der Waals surface area contributed by atoms with Gasteiger partial charge in [0, 0.05) is 24.1 Å². The molecule has 2 aromatic rings. The first-order valence-electron chi connectivity index (χ1n) is 8.86. The summed E-state index contributed by atoms with van der Waals surface area (Å²) in [4.78, 5) is 16.4. The van der Waals surface area contributed by atoms with Gasteiger partial charge in [0.05, 0.1) is 12.4 Å². The second kappa shape index (κ2) is 6.30. The van der Waals surface area contributed by atoms with Crippen molar-refractivity contribution in [1.82, 2.24) is 20.2 Å². The first-order chi connectivity index (χ1) is 11.7. The Hall–Kier alpha value is -2.30. The minimum atomic E-state index is -0.0370. The Bertz CT molecular complexity index is 675. The molecule has 24 heavy (non-hydrogen) atoms. The molecule has 5 heteroatoms. The highest BCUT2D eigenvalue weighted by molar-refractivity contribution is 5.75. The normalized spacial score (nSPS) is 18.4. The van der Waals surface area contributed by atoms with Gasteiger partial charge in [-0.3, -0.25) is 0 Å². The van der Waals surface area contributed by atoms with Crippen LogP contribution in [0.5, 0.6) is 0 Å². The van der Waals surface area contributed by atoms with Crippen molar-refractivity contribution in [3.8, 4) is 5.69 Å². The average molecular weight is 324 g/mol. The Morgan fingerprint density at radius 1 is 1.12 bits per heavy atom. The van der Waals surface area contributed by atoms with Gasteiger partial charge in [-0.2, -0.15) is 0 Å². The van der Waals surface area contributed by atoms with Gasteiger partial charge in [-0.15, -0.1) is 0 Å². The van der Waals surface area contributed by atoms with Crippen molar-refractivity contribution in [2.75, 3.05) is 0 Å². The summed E-state index contributed by atoms with van der Waals surface area (Å²) in [5, 5.41) is 6.29. The number of benzene rings is 1. The quantitative estimate of drug-likeness (QED) is 0.855. The van der Waals surface area contributed by atoms with E-state index in [-0.39, 0.29) is 12.1 Å². The Balaban J connectivity index is 1.35. The van der Waals surface area contributed by atoms with Gasteiger partial charge in [0.1, 0.15) is 0 Å². The first-order valence-corrected chi connectivity index (χ1v) is 8.86. The zero-order chi connectivity index (χ0) is 16.5. The molecule has 2 amide bonds. The van der Waals surface area contributed by atoms with Crippen LogP contribution in [0.2, 0.25) is 0 Å². The summed E-state index contributed by atoms with van der Waals surface area (Å²) in [5.74, 6) is 1.43. The molecule has 2 saturated carbocycles. The summed E-state index contributed by atoms with van der Waals surface area (Å²) in [7, 11) is 0. The molecule has 0 bridgehead atoms. The molecule has 2 N–H and O–H groups in total. The Morgan fingerprint density at radius 3 is 2.33 bits per heavy atom. The maximum absolute atomic E-state index is 12.3. The largest absolute Gasteiger partial charge is 0.335 e. The number of carbonyl (C=O) groups excluding carboxylic acids is 1. The molecule has 0 aliphatic heterocycles. The van der Waals surface area contributed by atoms with E-state index in [0.717, 1.165) is 11.3 Å². The number of hydrogen-bond donors (Lipinski definition) is 2. The van der Waals surface area contributed by atoms with Crippen LogP contribution in [0.1, 0.15) is 44.2 Å². The molecular weight excluding hydrogens is 300 g/mol. The maximum Gasteiger partial charge on any atom is 0.315 e. The molecule has 1 unspecified atom stereocenters. The molecule has 0 spiro atoms. The van der Waals surface area contributed by atoms with E-state index in [9.17, 15) is 4.79 Å². The zero-order valence-corrected chi connectivity index (χ0v) is 14.0. The number of urea groups is 1. The standard InChI is InChI=1S/C19H24N4O/c1-13(14-6-8-17(9-7-14)23-11-10-20-12-23)21-19(24)22-18(15-2-3-15)16-4-5-16/h6-13,15-16,18H,2-5H2,1H3,(H2,21,22,24). The fourth-order valence-electron chi connectivity index (χ4n) is 3.35. The molecule has 2 aliphatic rings. The van der Waals surface area contributed by atoms with Crippen LogP contribution >= 0.6 is 0 Å². The fraction of sp³-hybridized carbons (Fsp3) is 0.474. The lowest BCUT2D eigenvalue weighted by molar-refractivity contribution is 0.230. The molecule has 1 aromatic heterocycles. The lowest BCUT2D eigenvalue weighted by atomic mass is 10.1. The van der Waals surface area contributed by atoms with Crippen molar-refractivity contribution in [2.45, 2.75) is 44.7 Å². The van der Waals surface area contributed by atoms with Crippen molar-refractivity contribution in [3.63, 3.8) is 0 Å². The highest BCUT2D eigenvalue weighted by Gasteiger charge is 2.42. The molecule has 1 heterocycles. The molecule has 1 aromatic carbocycles. The number of amides is 2. The molecule has 0 saturated heterocycles.